The molecule has 0 bridgehead atoms. The Morgan fingerprint density at radius 3 is 2.35 bits per heavy atom. The van der Waals surface area contributed by atoms with Crippen LogP contribution in [-0.4, -0.2) is 20.8 Å². The Morgan fingerprint density at radius 2 is 1.65 bits per heavy atom. The highest BCUT2D eigenvalue weighted by molar-refractivity contribution is 7.80. The van der Waals surface area contributed by atoms with E-state index in [0.29, 0.717) is 12.1 Å². The average molecular weight is 515 g/mol. The van der Waals surface area contributed by atoms with E-state index in [0.717, 1.165) is 35.1 Å². The predicted octanol–water partition coefficient (Wildman–Crippen LogP) is 7.50. The van der Waals surface area contributed by atoms with Crippen molar-refractivity contribution in [3.05, 3.63) is 77.4 Å². The van der Waals surface area contributed by atoms with Gasteiger partial charge in [-0.2, -0.15) is 0 Å². The molecule has 3 aromatic rings. The number of rotatable bonds is 6. The van der Waals surface area contributed by atoms with Gasteiger partial charge in [-0.3, -0.25) is 4.98 Å². The number of pyridine rings is 1. The highest BCUT2D eigenvalue weighted by Crippen LogP contribution is 2.45. The van der Waals surface area contributed by atoms with Crippen LogP contribution < -0.4 is 15.0 Å². The van der Waals surface area contributed by atoms with E-state index >= 15 is 0 Å². The zero-order valence-corrected chi connectivity index (χ0v) is 22.8. The normalized spacial score (nSPS) is 23.0. The van der Waals surface area contributed by atoms with Crippen LogP contribution in [0.15, 0.2) is 54.7 Å². The predicted molar refractivity (Wildman–Crippen MR) is 153 cm³/mol. The van der Waals surface area contributed by atoms with Crippen LogP contribution in [0, 0.1) is 13.8 Å². The zero-order chi connectivity index (χ0) is 25.4. The molecule has 2 saturated carbocycles. The maximum absolute atomic E-state index is 6.25. The second kappa shape index (κ2) is 10.5. The molecule has 37 heavy (non-hydrogen) atoms. The Bertz CT molecular complexity index is 1230. The lowest BCUT2D eigenvalue weighted by Gasteiger charge is -2.30. The van der Waals surface area contributed by atoms with Crippen LogP contribution in [-0.2, 0) is 0 Å². The molecule has 2 aliphatic carbocycles. The molecule has 2 aromatic heterocycles. The van der Waals surface area contributed by atoms with E-state index < -0.39 is 0 Å². The van der Waals surface area contributed by atoms with Crippen LogP contribution in [0.1, 0.15) is 98.6 Å². The number of anilines is 1. The summed E-state index contributed by atoms with van der Waals surface area (Å²) in [5.74, 6) is 0.946. The Kier molecular flexibility index (Phi) is 6.94. The maximum atomic E-state index is 6.25. The molecule has 0 radical (unpaired) electrons. The third-order valence-corrected chi connectivity index (χ3v) is 8.91. The van der Waals surface area contributed by atoms with E-state index in [-0.39, 0.29) is 12.1 Å². The van der Waals surface area contributed by atoms with Crippen molar-refractivity contribution in [1.82, 2.24) is 14.9 Å². The molecular weight excluding hydrogens is 476 g/mol. The summed E-state index contributed by atoms with van der Waals surface area (Å²) >= 11 is 5.98. The number of thiocarbonyl (C=S) groups is 1. The summed E-state index contributed by atoms with van der Waals surface area (Å²) in [5, 5.41) is 4.37. The molecule has 1 saturated heterocycles. The number of benzene rings is 1. The molecule has 3 aliphatic rings. The van der Waals surface area contributed by atoms with Gasteiger partial charge in [0.05, 0.1) is 23.9 Å². The summed E-state index contributed by atoms with van der Waals surface area (Å²) in [7, 11) is 0. The standard InChI is InChI=1S/C31H38N4OS/c1-21-20-27(22(2)34(21)23-10-4-3-5-11-23)30-29(28-14-8-9-19-32-28)33-31(37)35(30)24-15-17-26(18-16-24)36-25-12-6-7-13-25/h8-9,14-20,23,25,29-30H,3-7,10-13H2,1-2H3,(H,33,37). The van der Waals surface area contributed by atoms with E-state index in [1.54, 1.807) is 0 Å². The van der Waals surface area contributed by atoms with Gasteiger partial charge in [0.2, 0.25) is 0 Å². The van der Waals surface area contributed by atoms with E-state index in [1.165, 1.54) is 61.9 Å². The first-order valence-electron chi connectivity index (χ1n) is 14.1. The Morgan fingerprint density at radius 1 is 0.919 bits per heavy atom. The van der Waals surface area contributed by atoms with Gasteiger partial charge in [-0.1, -0.05) is 25.3 Å². The molecule has 3 heterocycles. The molecule has 2 unspecified atom stereocenters. The van der Waals surface area contributed by atoms with Gasteiger partial charge in [-0.25, -0.2) is 0 Å². The number of nitrogens with one attached hydrogen (secondary N) is 1. The summed E-state index contributed by atoms with van der Waals surface area (Å²) in [4.78, 5) is 7.04. The van der Waals surface area contributed by atoms with Crippen LogP contribution in [0.2, 0.25) is 0 Å². The van der Waals surface area contributed by atoms with Crippen molar-refractivity contribution in [2.45, 2.75) is 95.9 Å². The molecule has 194 valence electrons. The number of ether oxygens (including phenoxy) is 1. The van der Waals surface area contributed by atoms with Crippen LogP contribution in [0.5, 0.6) is 5.75 Å². The van der Waals surface area contributed by atoms with Crippen molar-refractivity contribution < 1.29 is 4.74 Å². The van der Waals surface area contributed by atoms with Gasteiger partial charge in [-0.05, 0) is 113 Å². The van der Waals surface area contributed by atoms with Crippen molar-refractivity contribution in [2.24, 2.45) is 0 Å². The van der Waals surface area contributed by atoms with Gasteiger partial charge in [0.1, 0.15) is 5.75 Å². The molecule has 0 amide bonds. The van der Waals surface area contributed by atoms with Gasteiger partial charge in [-0.15, -0.1) is 0 Å². The Balaban J connectivity index is 1.37. The molecule has 1 aliphatic heterocycles. The number of aryl methyl sites for hydroxylation is 1. The quantitative estimate of drug-likeness (QED) is 0.345. The van der Waals surface area contributed by atoms with E-state index in [9.17, 15) is 0 Å². The van der Waals surface area contributed by atoms with E-state index in [2.05, 4.69) is 71.1 Å². The van der Waals surface area contributed by atoms with E-state index in [4.69, 9.17) is 21.9 Å². The molecule has 6 rings (SSSR count). The fourth-order valence-electron chi connectivity index (χ4n) is 6.84. The van der Waals surface area contributed by atoms with Crippen molar-refractivity contribution in [3.8, 4) is 5.75 Å². The Labute approximate surface area is 226 Å². The average Bonchev–Trinajstić information content (AvgIpc) is 3.63. The fourth-order valence-corrected chi connectivity index (χ4v) is 7.18. The van der Waals surface area contributed by atoms with Gasteiger partial charge < -0.3 is 19.5 Å². The first kappa shape index (κ1) is 24.5. The molecule has 1 N–H and O–H groups in total. The smallest absolute Gasteiger partial charge is 0.174 e. The molecule has 3 fully saturated rings. The van der Waals surface area contributed by atoms with E-state index in [1.807, 2.05) is 12.3 Å². The zero-order valence-electron chi connectivity index (χ0n) is 22.0. The largest absolute Gasteiger partial charge is 0.490 e. The van der Waals surface area contributed by atoms with Crippen LogP contribution >= 0.6 is 12.2 Å². The minimum absolute atomic E-state index is 0.0209. The summed E-state index contributed by atoms with van der Waals surface area (Å²) in [6.07, 6.45) is 13.6. The minimum Gasteiger partial charge on any atom is -0.490 e. The van der Waals surface area contributed by atoms with Gasteiger partial charge >= 0.3 is 0 Å². The SMILES string of the molecule is Cc1cc(C2C(c3ccccn3)NC(=S)N2c2ccc(OC3CCCC3)cc2)c(C)n1C1CCCCC1. The molecule has 6 heteroatoms. The Hall–Kier alpha value is -2.86. The number of nitrogens with zero attached hydrogens (tertiary/aromatic N) is 3. The molecule has 1 aromatic carbocycles. The third kappa shape index (κ3) is 4.76. The van der Waals surface area contributed by atoms with Crippen LogP contribution in [0.25, 0.3) is 0 Å². The number of hydrogen-bond acceptors (Lipinski definition) is 3. The van der Waals surface area contributed by atoms with Gasteiger partial charge in [0.15, 0.2) is 5.11 Å². The second-order valence-corrected chi connectivity index (χ2v) is 11.4. The van der Waals surface area contributed by atoms with Crippen LogP contribution in [0.3, 0.4) is 0 Å². The molecule has 0 spiro atoms. The summed E-state index contributed by atoms with van der Waals surface area (Å²) < 4.78 is 8.85. The van der Waals surface area contributed by atoms with Gasteiger partial charge in [0, 0.05) is 29.3 Å². The third-order valence-electron chi connectivity index (χ3n) is 8.60. The molecule has 5 nitrogen and oxygen atoms in total. The topological polar surface area (TPSA) is 42.3 Å². The number of hydrogen-bond donors (Lipinski definition) is 1. The minimum atomic E-state index is -0.0246. The first-order valence-corrected chi connectivity index (χ1v) is 14.5. The number of aromatic nitrogens is 2. The first-order chi connectivity index (χ1) is 18.1. The highest BCUT2D eigenvalue weighted by atomic mass is 32.1. The highest BCUT2D eigenvalue weighted by Gasteiger charge is 2.42. The molecular formula is C31H38N4OS. The maximum Gasteiger partial charge on any atom is 0.174 e. The summed E-state index contributed by atoms with van der Waals surface area (Å²) in [5.41, 5.74) is 6.13. The molecule has 2 atom stereocenters. The lowest BCUT2D eigenvalue weighted by molar-refractivity contribution is 0.210. The lowest BCUT2D eigenvalue weighted by atomic mass is 9.94. The fraction of sp³-hybridized carbons (Fsp3) is 0.484. The van der Waals surface area contributed by atoms with Crippen molar-refractivity contribution in [1.29, 1.82) is 0 Å². The van der Waals surface area contributed by atoms with Crippen molar-refractivity contribution in [3.63, 3.8) is 0 Å². The monoisotopic (exact) mass is 514 g/mol. The van der Waals surface area contributed by atoms with Crippen molar-refractivity contribution in [2.75, 3.05) is 4.90 Å². The summed E-state index contributed by atoms with van der Waals surface area (Å²) in [6.45, 7) is 4.56. The second-order valence-electron chi connectivity index (χ2n) is 11.0. The van der Waals surface area contributed by atoms with Crippen LogP contribution in [0.4, 0.5) is 5.69 Å². The van der Waals surface area contributed by atoms with Gasteiger partial charge in [0.25, 0.3) is 0 Å². The lowest BCUT2D eigenvalue weighted by Crippen LogP contribution is -2.29. The van der Waals surface area contributed by atoms with Crippen molar-refractivity contribution >= 4 is 23.0 Å². The summed E-state index contributed by atoms with van der Waals surface area (Å²) in [6, 6.07) is 17.7.